The molecule has 2 heterocycles. The van der Waals surface area contributed by atoms with Gasteiger partial charge in [0, 0.05) is 24.6 Å². The molecule has 5 rings (SSSR count). The van der Waals surface area contributed by atoms with Gasteiger partial charge in [-0.15, -0.1) is 0 Å². The summed E-state index contributed by atoms with van der Waals surface area (Å²) in [6, 6.07) is 10.0. The predicted octanol–water partition coefficient (Wildman–Crippen LogP) is 2.53. The Morgan fingerprint density at radius 1 is 1.21 bits per heavy atom. The Labute approximate surface area is 142 Å². The van der Waals surface area contributed by atoms with Gasteiger partial charge in [-0.1, -0.05) is 30.3 Å². The molecule has 1 aromatic heterocycles. The number of nitrogens with one attached hydrogen (secondary N) is 1. The van der Waals surface area contributed by atoms with Crippen molar-refractivity contribution in [2.45, 2.75) is 48.8 Å². The van der Waals surface area contributed by atoms with E-state index in [-0.39, 0.29) is 16.7 Å². The van der Waals surface area contributed by atoms with Crippen LogP contribution in [0.3, 0.4) is 0 Å². The fourth-order valence-electron chi connectivity index (χ4n) is 4.54. The lowest BCUT2D eigenvalue weighted by Crippen LogP contribution is -2.58. The first-order chi connectivity index (χ1) is 11.6. The van der Waals surface area contributed by atoms with Crippen LogP contribution in [0.5, 0.6) is 0 Å². The van der Waals surface area contributed by atoms with Crippen molar-refractivity contribution in [2.24, 2.45) is 0 Å². The minimum absolute atomic E-state index is 0.147. The van der Waals surface area contributed by atoms with Crippen LogP contribution in [0.15, 0.2) is 36.7 Å². The molecule has 0 bridgehead atoms. The van der Waals surface area contributed by atoms with Crippen LogP contribution in [-0.2, 0) is 22.0 Å². The number of sulfonamides is 1. The fourth-order valence-corrected chi connectivity index (χ4v) is 6.99. The van der Waals surface area contributed by atoms with Crippen molar-refractivity contribution < 1.29 is 8.42 Å². The molecule has 126 valence electrons. The molecule has 1 spiro atoms. The van der Waals surface area contributed by atoms with E-state index in [1.165, 1.54) is 0 Å². The zero-order valence-corrected chi connectivity index (χ0v) is 14.3. The van der Waals surface area contributed by atoms with E-state index in [0.717, 1.165) is 49.1 Å². The summed E-state index contributed by atoms with van der Waals surface area (Å²) < 4.78 is 28.5. The number of hydrogen-bond acceptors (Lipinski definition) is 3. The van der Waals surface area contributed by atoms with Crippen molar-refractivity contribution in [3.8, 4) is 0 Å². The lowest BCUT2D eigenvalue weighted by Gasteiger charge is -2.51. The molecule has 2 saturated carbocycles. The molecule has 5 nitrogen and oxygen atoms in total. The van der Waals surface area contributed by atoms with E-state index in [1.807, 2.05) is 30.3 Å². The number of aromatic amines is 1. The highest BCUT2D eigenvalue weighted by atomic mass is 32.2. The predicted molar refractivity (Wildman–Crippen MR) is 91.0 cm³/mol. The van der Waals surface area contributed by atoms with Gasteiger partial charge < -0.3 is 4.98 Å². The molecule has 0 amide bonds. The normalized spacial score (nSPS) is 28.3. The van der Waals surface area contributed by atoms with Gasteiger partial charge in [-0.05, 0) is 31.2 Å². The molecule has 0 radical (unpaired) electrons. The molecule has 2 fully saturated rings. The van der Waals surface area contributed by atoms with E-state index < -0.39 is 10.0 Å². The summed E-state index contributed by atoms with van der Waals surface area (Å²) in [5, 5.41) is -0.266. The number of aromatic nitrogens is 2. The number of H-pyrrole nitrogens is 1. The highest BCUT2D eigenvalue weighted by Crippen LogP contribution is 2.54. The third-order valence-corrected chi connectivity index (χ3v) is 8.46. The van der Waals surface area contributed by atoms with Gasteiger partial charge in [0.1, 0.15) is 0 Å². The highest BCUT2D eigenvalue weighted by molar-refractivity contribution is 7.90. The number of benzene rings is 1. The fraction of sp³-hybridized carbons (Fsp3) is 0.500. The lowest BCUT2D eigenvalue weighted by molar-refractivity contribution is 0.0699. The molecule has 3 aliphatic rings. The van der Waals surface area contributed by atoms with Crippen LogP contribution in [-0.4, -0.2) is 34.5 Å². The van der Waals surface area contributed by atoms with E-state index in [0.29, 0.717) is 6.54 Å². The summed E-state index contributed by atoms with van der Waals surface area (Å²) in [5.41, 5.74) is 2.86. The number of fused-ring (bicyclic) bond motifs is 2. The second-order valence-electron chi connectivity index (χ2n) is 7.27. The van der Waals surface area contributed by atoms with E-state index in [4.69, 9.17) is 0 Å². The standard InChI is InChI=1S/C18H21N3O2S/c22-24(23,16-11-14(16)13-5-2-1-3-6-13)21-10-7-15-17(20-12-19-15)18(21)8-4-9-18/h1-3,5-6,12,14,16H,4,7-11H2,(H,19,20). The molecule has 2 aliphatic carbocycles. The maximum atomic E-state index is 13.4. The number of nitrogens with zero attached hydrogens (tertiary/aromatic N) is 2. The molecule has 1 N–H and O–H groups in total. The van der Waals surface area contributed by atoms with Crippen molar-refractivity contribution in [3.05, 3.63) is 53.6 Å². The number of imidazole rings is 1. The van der Waals surface area contributed by atoms with Gasteiger partial charge in [0.2, 0.25) is 10.0 Å². The minimum atomic E-state index is -3.30. The van der Waals surface area contributed by atoms with E-state index in [9.17, 15) is 8.42 Å². The van der Waals surface area contributed by atoms with Crippen LogP contribution in [0.4, 0.5) is 0 Å². The maximum Gasteiger partial charge on any atom is 0.218 e. The first kappa shape index (κ1) is 14.7. The van der Waals surface area contributed by atoms with E-state index in [1.54, 1.807) is 10.6 Å². The Morgan fingerprint density at radius 3 is 2.71 bits per heavy atom. The third kappa shape index (κ3) is 1.90. The van der Waals surface area contributed by atoms with Crippen molar-refractivity contribution in [3.63, 3.8) is 0 Å². The smallest absolute Gasteiger partial charge is 0.218 e. The van der Waals surface area contributed by atoms with Crippen LogP contribution in [0.25, 0.3) is 0 Å². The summed E-state index contributed by atoms with van der Waals surface area (Å²) >= 11 is 0. The largest absolute Gasteiger partial charge is 0.348 e. The molecule has 2 atom stereocenters. The van der Waals surface area contributed by atoms with Gasteiger partial charge in [-0.25, -0.2) is 13.4 Å². The average molecular weight is 343 g/mol. The molecule has 2 aromatic rings. The summed E-state index contributed by atoms with van der Waals surface area (Å²) in [5.74, 6) is 0.147. The van der Waals surface area contributed by atoms with Crippen LogP contribution < -0.4 is 0 Å². The Hall–Kier alpha value is -1.66. The summed E-state index contributed by atoms with van der Waals surface area (Å²) in [6.07, 6.45) is 6.06. The first-order valence-corrected chi connectivity index (χ1v) is 10.2. The van der Waals surface area contributed by atoms with Crippen molar-refractivity contribution in [1.82, 2.24) is 14.3 Å². The molecular formula is C18H21N3O2S. The Kier molecular flexibility index (Phi) is 3.01. The van der Waals surface area contributed by atoms with Crippen LogP contribution in [0, 0.1) is 0 Å². The van der Waals surface area contributed by atoms with Crippen molar-refractivity contribution in [2.75, 3.05) is 6.54 Å². The Balaban J connectivity index is 1.48. The average Bonchev–Trinajstić information content (AvgIpc) is 3.24. The molecule has 24 heavy (non-hydrogen) atoms. The van der Waals surface area contributed by atoms with Crippen molar-refractivity contribution in [1.29, 1.82) is 0 Å². The van der Waals surface area contributed by atoms with E-state index >= 15 is 0 Å². The van der Waals surface area contributed by atoms with Gasteiger partial charge in [0.15, 0.2) is 0 Å². The zero-order valence-electron chi connectivity index (χ0n) is 13.5. The summed E-state index contributed by atoms with van der Waals surface area (Å²) in [6.45, 7) is 0.579. The minimum Gasteiger partial charge on any atom is -0.348 e. The van der Waals surface area contributed by atoms with Crippen LogP contribution >= 0.6 is 0 Å². The maximum absolute atomic E-state index is 13.4. The molecule has 1 aromatic carbocycles. The van der Waals surface area contributed by atoms with Gasteiger partial charge in [0.05, 0.1) is 22.8 Å². The van der Waals surface area contributed by atoms with Gasteiger partial charge in [0.25, 0.3) is 0 Å². The Bertz CT molecular complexity index is 871. The molecule has 2 unspecified atom stereocenters. The Morgan fingerprint density at radius 2 is 2.00 bits per heavy atom. The zero-order chi connectivity index (χ0) is 16.4. The summed E-state index contributed by atoms with van der Waals surface area (Å²) in [4.78, 5) is 7.69. The lowest BCUT2D eigenvalue weighted by atomic mass is 9.72. The summed E-state index contributed by atoms with van der Waals surface area (Å²) in [7, 11) is -3.30. The van der Waals surface area contributed by atoms with Crippen LogP contribution in [0.2, 0.25) is 0 Å². The molecular weight excluding hydrogens is 322 g/mol. The SMILES string of the molecule is O=S(=O)(C1CC1c1ccccc1)N1CCc2[nH]cnc2C12CCC2. The molecule has 0 saturated heterocycles. The van der Waals surface area contributed by atoms with E-state index in [2.05, 4.69) is 9.97 Å². The molecule has 6 heteroatoms. The van der Waals surface area contributed by atoms with Crippen LogP contribution in [0.1, 0.15) is 48.6 Å². The quantitative estimate of drug-likeness (QED) is 0.931. The second kappa shape index (κ2) is 4.92. The van der Waals surface area contributed by atoms with Gasteiger partial charge in [-0.2, -0.15) is 4.31 Å². The first-order valence-electron chi connectivity index (χ1n) is 8.72. The van der Waals surface area contributed by atoms with Gasteiger partial charge in [-0.3, -0.25) is 0 Å². The van der Waals surface area contributed by atoms with Gasteiger partial charge >= 0.3 is 0 Å². The highest BCUT2D eigenvalue weighted by Gasteiger charge is 2.59. The molecule has 1 aliphatic heterocycles. The topological polar surface area (TPSA) is 66.1 Å². The van der Waals surface area contributed by atoms with Crippen molar-refractivity contribution >= 4 is 10.0 Å². The monoisotopic (exact) mass is 343 g/mol. The number of hydrogen-bond donors (Lipinski definition) is 1. The second-order valence-corrected chi connectivity index (χ2v) is 9.35. The third-order valence-electron chi connectivity index (χ3n) is 6.03. The number of rotatable bonds is 3.